The molecule has 0 saturated heterocycles. The van der Waals surface area contributed by atoms with Gasteiger partial charge in [0.25, 0.3) is 0 Å². The number of hydrogen-bond donors (Lipinski definition) is 4. The van der Waals surface area contributed by atoms with Crippen molar-refractivity contribution < 1.29 is 34.4 Å². The van der Waals surface area contributed by atoms with Crippen LogP contribution in [0.15, 0.2) is 76.9 Å². The summed E-state index contributed by atoms with van der Waals surface area (Å²) in [6, 6.07) is 14.7. The van der Waals surface area contributed by atoms with Gasteiger partial charge in [-0.1, -0.05) is 52.7 Å². The number of aliphatic hydroxyl groups excluding tert-OH is 3. The largest absolute Gasteiger partial charge is 0.390 e. The van der Waals surface area contributed by atoms with Crippen LogP contribution in [0, 0.1) is 22.7 Å². The van der Waals surface area contributed by atoms with E-state index in [9.17, 15) is 30.0 Å². The Hall–Kier alpha value is -2.60. The van der Waals surface area contributed by atoms with Gasteiger partial charge in [0.15, 0.2) is 22.8 Å². The Labute approximate surface area is 284 Å². The van der Waals surface area contributed by atoms with Crippen molar-refractivity contribution in [1.82, 2.24) is 9.88 Å². The number of carbonyl (C=O) groups is 2. The third-order valence-electron chi connectivity index (χ3n) is 11.6. The minimum Gasteiger partial charge on any atom is -0.390 e. The number of alkyl halides is 1. The van der Waals surface area contributed by atoms with E-state index in [1.807, 2.05) is 12.3 Å². The molecule has 0 amide bonds. The van der Waals surface area contributed by atoms with Gasteiger partial charge in [-0.05, 0) is 108 Å². The second-order valence-corrected chi connectivity index (χ2v) is 15.2. The number of ketones is 2. The first-order chi connectivity index (χ1) is 22.1. The number of Topliss-reactive ketones (excluding diaryl/α,β-unsaturated/α-hetero) is 1. The summed E-state index contributed by atoms with van der Waals surface area (Å²) >= 11 is 3.49. The van der Waals surface area contributed by atoms with Crippen molar-refractivity contribution in [2.45, 2.75) is 75.3 Å². The predicted molar refractivity (Wildman–Crippen MR) is 180 cm³/mol. The van der Waals surface area contributed by atoms with E-state index in [1.165, 1.54) is 23.8 Å². The lowest BCUT2D eigenvalue weighted by Gasteiger charge is -2.62. The summed E-state index contributed by atoms with van der Waals surface area (Å²) < 4.78 is 17.9. The van der Waals surface area contributed by atoms with Gasteiger partial charge in [-0.25, -0.2) is 4.39 Å². The highest BCUT2D eigenvalue weighted by atomic mass is 79.9. The fourth-order valence-corrected chi connectivity index (χ4v) is 9.26. The van der Waals surface area contributed by atoms with E-state index in [0.29, 0.717) is 24.3 Å². The Balaban J connectivity index is 0.000000199. The summed E-state index contributed by atoms with van der Waals surface area (Å²) in [5, 5.41) is 42.1. The third kappa shape index (κ3) is 5.89. The van der Waals surface area contributed by atoms with Gasteiger partial charge in [0.1, 0.15) is 6.61 Å². The zero-order chi connectivity index (χ0) is 34.4. The number of carbonyl (C=O) groups excluding carboxylic acids is 2. The summed E-state index contributed by atoms with van der Waals surface area (Å²) in [5.74, 6) is -2.02. The lowest BCUT2D eigenvalue weighted by Crippen LogP contribution is -2.69. The Kier molecular flexibility index (Phi) is 10.2. The minimum atomic E-state index is -2.23. The molecule has 4 N–H and O–H groups in total. The molecule has 0 bridgehead atoms. The molecule has 6 rings (SSSR count). The van der Waals surface area contributed by atoms with Crippen molar-refractivity contribution in [2.24, 2.45) is 22.7 Å². The summed E-state index contributed by atoms with van der Waals surface area (Å²) in [7, 11) is 4.22. The highest BCUT2D eigenvalue weighted by molar-refractivity contribution is 9.10. The smallest absolute Gasteiger partial charge is 0.192 e. The number of nitrogens with zero attached hydrogens (tertiary/aromatic N) is 2. The van der Waals surface area contributed by atoms with Crippen molar-refractivity contribution in [3.63, 3.8) is 0 Å². The number of halogens is 2. The van der Waals surface area contributed by atoms with Crippen molar-refractivity contribution >= 4 is 27.5 Å². The number of benzene rings is 1. The molecule has 3 saturated carbocycles. The molecule has 0 spiro atoms. The molecule has 4 aliphatic carbocycles. The first-order valence-corrected chi connectivity index (χ1v) is 17.1. The molecular formula is C37H46BrFN2O6. The molecule has 47 heavy (non-hydrogen) atoms. The van der Waals surface area contributed by atoms with Crippen LogP contribution in [0.1, 0.15) is 63.1 Å². The van der Waals surface area contributed by atoms with Gasteiger partial charge in [-0.15, -0.1) is 0 Å². The van der Waals surface area contributed by atoms with Crippen LogP contribution in [-0.2, 0) is 9.59 Å². The first-order valence-electron chi connectivity index (χ1n) is 16.3. The van der Waals surface area contributed by atoms with Crippen LogP contribution in [0.2, 0.25) is 0 Å². The van der Waals surface area contributed by atoms with Crippen LogP contribution < -0.4 is 0 Å². The molecule has 1 unspecified atom stereocenters. The quantitative estimate of drug-likeness (QED) is 0.329. The second kappa shape index (κ2) is 13.4. The summed E-state index contributed by atoms with van der Waals surface area (Å²) in [4.78, 5) is 30.9. The Morgan fingerprint density at radius 3 is 2.43 bits per heavy atom. The summed E-state index contributed by atoms with van der Waals surface area (Å²) in [6.45, 7) is 3.39. The fraction of sp³-hybridized carbons (Fsp3) is 0.541. The highest BCUT2D eigenvalue weighted by Gasteiger charge is 2.76. The van der Waals surface area contributed by atoms with Crippen molar-refractivity contribution in [2.75, 3.05) is 27.2 Å². The maximum Gasteiger partial charge on any atom is 0.192 e. The lowest BCUT2D eigenvalue weighted by atomic mass is 9.44. The number of aromatic nitrogens is 1. The fourth-order valence-electron chi connectivity index (χ4n) is 9.00. The van der Waals surface area contributed by atoms with E-state index in [-0.39, 0.29) is 18.6 Å². The molecule has 4 aliphatic rings. The molecule has 1 aromatic carbocycles. The molecule has 2 aromatic rings. The SMILES string of the molecule is CN(C)CCC(c1ccc(Br)cc1)c1ccccn1.C[C@]12C=CC(=O)C=C1CC[C@H]1[C@@H]3C[C@@H](O)[C@](O)(C(=O)CO)[C@@]3(C)C[C@H](O)[C@@]12F. The molecule has 0 radical (unpaired) electrons. The average Bonchev–Trinajstić information content (AvgIpc) is 3.24. The predicted octanol–water partition coefficient (Wildman–Crippen LogP) is 4.55. The zero-order valence-corrected chi connectivity index (χ0v) is 29.0. The Morgan fingerprint density at radius 1 is 1.11 bits per heavy atom. The van der Waals surface area contributed by atoms with Gasteiger partial charge >= 0.3 is 0 Å². The molecule has 1 aromatic heterocycles. The molecular weight excluding hydrogens is 667 g/mol. The van der Waals surface area contributed by atoms with Crippen LogP contribution in [0.5, 0.6) is 0 Å². The Bertz CT molecular complexity index is 1530. The van der Waals surface area contributed by atoms with Crippen LogP contribution in [0.25, 0.3) is 0 Å². The van der Waals surface area contributed by atoms with E-state index >= 15 is 4.39 Å². The maximum atomic E-state index is 16.8. The zero-order valence-electron chi connectivity index (χ0n) is 27.4. The monoisotopic (exact) mass is 712 g/mol. The van der Waals surface area contributed by atoms with Crippen LogP contribution in [0.3, 0.4) is 0 Å². The van der Waals surface area contributed by atoms with Crippen LogP contribution in [-0.4, -0.2) is 92.6 Å². The van der Waals surface area contributed by atoms with Crippen LogP contribution >= 0.6 is 15.9 Å². The van der Waals surface area contributed by atoms with Gasteiger partial charge in [0.2, 0.25) is 0 Å². The van der Waals surface area contributed by atoms with Crippen LogP contribution in [0.4, 0.5) is 4.39 Å². The standard InChI is InChI=1S/C21H27FO6.C16H19BrN2/c1-18-6-5-12(24)7-11(18)3-4-13-14-8-15(25)21(28,17(27)10-23)19(14,2)9-16(26)20(13,18)22;1-19(2)12-10-15(16-5-3-4-11-18-16)13-6-8-14(17)9-7-13/h5-7,13-16,23,25-26,28H,3-4,8-10H2,1-2H3;3-9,11,15H,10,12H2,1-2H3/t13-,14-,15+,16-,18-,19-,20-,21-;/m0./s1. The molecule has 254 valence electrons. The topological polar surface area (TPSA) is 131 Å². The first kappa shape index (κ1) is 35.7. The third-order valence-corrected chi connectivity index (χ3v) is 12.1. The Morgan fingerprint density at radius 2 is 1.81 bits per heavy atom. The van der Waals surface area contributed by atoms with E-state index in [1.54, 1.807) is 13.8 Å². The highest BCUT2D eigenvalue weighted by Crippen LogP contribution is 2.69. The lowest BCUT2D eigenvalue weighted by molar-refractivity contribution is -0.222. The number of allylic oxidation sites excluding steroid dienone is 4. The van der Waals surface area contributed by atoms with Crippen molar-refractivity contribution in [3.05, 3.63) is 88.2 Å². The number of rotatable bonds is 7. The normalized spacial score (nSPS) is 36.4. The molecule has 3 fully saturated rings. The number of pyridine rings is 1. The van der Waals surface area contributed by atoms with E-state index in [2.05, 4.69) is 76.3 Å². The number of aliphatic hydroxyl groups is 4. The molecule has 8 nitrogen and oxygen atoms in total. The molecule has 1 heterocycles. The van der Waals surface area contributed by atoms with E-state index in [4.69, 9.17) is 0 Å². The van der Waals surface area contributed by atoms with Gasteiger partial charge in [0.05, 0.1) is 12.2 Å². The van der Waals surface area contributed by atoms with E-state index in [0.717, 1.165) is 23.1 Å². The van der Waals surface area contributed by atoms with Gasteiger partial charge in [-0.3, -0.25) is 14.6 Å². The second-order valence-electron chi connectivity index (χ2n) is 14.3. The number of fused-ring (bicyclic) bond motifs is 5. The minimum absolute atomic E-state index is 0.0135. The van der Waals surface area contributed by atoms with Gasteiger partial charge in [0, 0.05) is 39.0 Å². The van der Waals surface area contributed by atoms with E-state index < -0.39 is 58.5 Å². The summed E-state index contributed by atoms with van der Waals surface area (Å²) in [6.07, 6.45) is 4.88. The maximum absolute atomic E-state index is 16.8. The summed E-state index contributed by atoms with van der Waals surface area (Å²) in [5.41, 5.74) is -3.65. The molecule has 9 atom stereocenters. The van der Waals surface area contributed by atoms with Gasteiger partial charge in [-0.2, -0.15) is 0 Å². The van der Waals surface area contributed by atoms with Crippen molar-refractivity contribution in [3.8, 4) is 0 Å². The van der Waals surface area contributed by atoms with Crippen molar-refractivity contribution in [1.29, 1.82) is 0 Å². The molecule has 10 heteroatoms. The molecule has 0 aliphatic heterocycles. The average molecular weight is 714 g/mol. The van der Waals surface area contributed by atoms with Gasteiger partial charge < -0.3 is 25.3 Å². The number of hydrogen-bond acceptors (Lipinski definition) is 8.